The first-order valence-electron chi connectivity index (χ1n) is 6.32. The third-order valence-corrected chi connectivity index (χ3v) is 4.46. The minimum absolute atomic E-state index is 0.0811. The summed E-state index contributed by atoms with van der Waals surface area (Å²) >= 11 is 3.19. The second-order valence-corrected chi connectivity index (χ2v) is 5.71. The number of aliphatic hydroxyl groups is 1. The highest BCUT2D eigenvalue weighted by atomic mass is 79.9. The summed E-state index contributed by atoms with van der Waals surface area (Å²) in [6.45, 7) is 3.00. The van der Waals surface area contributed by atoms with Gasteiger partial charge in [0.2, 0.25) is 5.43 Å². The standard InChI is InChI=1S/C13H17BrN2O3/c1-8-11(14)12(18)10(5-15-8)13(19)16-4-2-3-9(6-16)7-17/h5,9,17H,2-4,6-7H2,1H3,(H,15,18). The molecule has 1 unspecified atom stereocenters. The van der Waals surface area contributed by atoms with E-state index in [2.05, 4.69) is 20.9 Å². The first-order chi connectivity index (χ1) is 9.04. The third kappa shape index (κ3) is 2.90. The predicted octanol–water partition coefficient (Wildman–Crippen LogP) is 1.29. The number of hydrogen-bond acceptors (Lipinski definition) is 3. The number of piperidine rings is 1. The van der Waals surface area contributed by atoms with Gasteiger partial charge in [-0.2, -0.15) is 0 Å². The van der Waals surface area contributed by atoms with Crippen LogP contribution >= 0.6 is 15.9 Å². The molecule has 0 radical (unpaired) electrons. The van der Waals surface area contributed by atoms with Crippen molar-refractivity contribution in [2.45, 2.75) is 19.8 Å². The van der Waals surface area contributed by atoms with E-state index in [0.29, 0.717) is 23.3 Å². The average molecular weight is 329 g/mol. The first-order valence-corrected chi connectivity index (χ1v) is 7.11. The Morgan fingerprint density at radius 3 is 3.05 bits per heavy atom. The van der Waals surface area contributed by atoms with Crippen LogP contribution in [-0.4, -0.2) is 40.6 Å². The van der Waals surface area contributed by atoms with Gasteiger partial charge in [-0.15, -0.1) is 0 Å². The van der Waals surface area contributed by atoms with E-state index in [9.17, 15) is 14.7 Å². The topological polar surface area (TPSA) is 73.4 Å². The predicted molar refractivity (Wildman–Crippen MR) is 75.2 cm³/mol. The molecule has 0 aliphatic carbocycles. The number of aromatic nitrogens is 1. The molecule has 0 aromatic carbocycles. The molecule has 0 spiro atoms. The van der Waals surface area contributed by atoms with Crippen LogP contribution in [0.2, 0.25) is 0 Å². The van der Waals surface area contributed by atoms with Gasteiger partial charge in [0, 0.05) is 31.6 Å². The van der Waals surface area contributed by atoms with Gasteiger partial charge in [0.1, 0.15) is 5.56 Å². The number of aliphatic hydroxyl groups excluding tert-OH is 1. The fraction of sp³-hybridized carbons (Fsp3) is 0.538. The Hall–Kier alpha value is -1.14. The van der Waals surface area contributed by atoms with Gasteiger partial charge in [0.15, 0.2) is 0 Å². The molecular formula is C13H17BrN2O3. The minimum Gasteiger partial charge on any atom is -0.396 e. The lowest BCUT2D eigenvalue weighted by Crippen LogP contribution is -2.42. The molecule has 19 heavy (non-hydrogen) atoms. The molecule has 5 nitrogen and oxygen atoms in total. The summed E-state index contributed by atoms with van der Waals surface area (Å²) in [5.74, 6) is -0.147. The lowest BCUT2D eigenvalue weighted by atomic mass is 9.98. The van der Waals surface area contributed by atoms with Crippen molar-refractivity contribution in [1.29, 1.82) is 0 Å². The molecule has 6 heteroatoms. The summed E-state index contributed by atoms with van der Waals surface area (Å²) in [7, 11) is 0. The minimum atomic E-state index is -0.285. The molecule has 0 saturated carbocycles. The molecule has 1 saturated heterocycles. The van der Waals surface area contributed by atoms with Crippen LogP contribution in [0, 0.1) is 12.8 Å². The average Bonchev–Trinajstić information content (AvgIpc) is 2.44. The zero-order valence-corrected chi connectivity index (χ0v) is 12.4. The van der Waals surface area contributed by atoms with Crippen LogP contribution in [-0.2, 0) is 0 Å². The number of carbonyl (C=O) groups excluding carboxylic acids is 1. The van der Waals surface area contributed by atoms with Gasteiger partial charge in [-0.1, -0.05) is 0 Å². The van der Waals surface area contributed by atoms with E-state index in [1.165, 1.54) is 6.20 Å². The van der Waals surface area contributed by atoms with Crippen molar-refractivity contribution < 1.29 is 9.90 Å². The Labute approximate surface area is 119 Å². The number of aryl methyl sites for hydroxylation is 1. The summed E-state index contributed by atoms with van der Waals surface area (Å²) in [5, 5.41) is 9.18. The summed E-state index contributed by atoms with van der Waals surface area (Å²) < 4.78 is 0.397. The third-order valence-electron chi connectivity index (χ3n) is 3.50. The number of nitrogens with one attached hydrogen (secondary N) is 1. The number of rotatable bonds is 2. The lowest BCUT2D eigenvalue weighted by molar-refractivity contribution is 0.0619. The summed E-state index contributed by atoms with van der Waals surface area (Å²) in [6.07, 6.45) is 3.25. The van der Waals surface area contributed by atoms with Gasteiger partial charge >= 0.3 is 0 Å². The molecule has 1 fully saturated rings. The van der Waals surface area contributed by atoms with Gasteiger partial charge in [0.25, 0.3) is 5.91 Å². The van der Waals surface area contributed by atoms with Crippen molar-refractivity contribution in [3.05, 3.63) is 32.2 Å². The monoisotopic (exact) mass is 328 g/mol. The normalized spacial score (nSPS) is 19.5. The Morgan fingerprint density at radius 1 is 1.63 bits per heavy atom. The molecule has 2 N–H and O–H groups in total. The van der Waals surface area contributed by atoms with Crippen LogP contribution < -0.4 is 5.43 Å². The van der Waals surface area contributed by atoms with Crippen molar-refractivity contribution >= 4 is 21.8 Å². The number of pyridine rings is 1. The summed E-state index contributed by atoms with van der Waals surface area (Å²) in [4.78, 5) is 29.0. The molecule has 1 amide bonds. The van der Waals surface area contributed by atoms with E-state index in [0.717, 1.165) is 12.8 Å². The maximum atomic E-state index is 12.3. The van der Waals surface area contributed by atoms with Crippen LogP contribution in [0.25, 0.3) is 0 Å². The Kier molecular flexibility index (Phi) is 4.42. The molecule has 1 atom stereocenters. The largest absolute Gasteiger partial charge is 0.396 e. The lowest BCUT2D eigenvalue weighted by Gasteiger charge is -2.31. The van der Waals surface area contributed by atoms with E-state index in [4.69, 9.17) is 0 Å². The van der Waals surface area contributed by atoms with Gasteiger partial charge in [-0.3, -0.25) is 9.59 Å². The van der Waals surface area contributed by atoms with Crippen molar-refractivity contribution in [2.24, 2.45) is 5.92 Å². The number of halogens is 1. The number of H-pyrrole nitrogens is 1. The molecule has 2 heterocycles. The van der Waals surface area contributed by atoms with E-state index in [-0.39, 0.29) is 29.4 Å². The molecule has 1 aromatic rings. The Morgan fingerprint density at radius 2 is 2.37 bits per heavy atom. The van der Waals surface area contributed by atoms with Crippen molar-refractivity contribution in [1.82, 2.24) is 9.88 Å². The van der Waals surface area contributed by atoms with E-state index >= 15 is 0 Å². The molecule has 0 bridgehead atoms. The zero-order valence-electron chi connectivity index (χ0n) is 10.8. The second kappa shape index (κ2) is 5.88. The molecule has 104 valence electrons. The van der Waals surface area contributed by atoms with Crippen LogP contribution in [0.3, 0.4) is 0 Å². The van der Waals surface area contributed by atoms with Crippen LogP contribution in [0.4, 0.5) is 0 Å². The number of carbonyl (C=O) groups is 1. The molecular weight excluding hydrogens is 312 g/mol. The number of amides is 1. The number of hydrogen-bond donors (Lipinski definition) is 2. The second-order valence-electron chi connectivity index (χ2n) is 4.91. The maximum Gasteiger partial charge on any atom is 0.259 e. The van der Waals surface area contributed by atoms with Crippen molar-refractivity contribution in [3.8, 4) is 0 Å². The number of aromatic amines is 1. The SMILES string of the molecule is Cc1[nH]cc(C(=O)N2CCCC(CO)C2)c(=O)c1Br. The Balaban J connectivity index is 2.25. The highest BCUT2D eigenvalue weighted by Gasteiger charge is 2.26. The quantitative estimate of drug-likeness (QED) is 0.859. The van der Waals surface area contributed by atoms with Crippen molar-refractivity contribution in [3.63, 3.8) is 0 Å². The highest BCUT2D eigenvalue weighted by Crippen LogP contribution is 2.18. The molecule has 1 aromatic heterocycles. The van der Waals surface area contributed by atoms with Gasteiger partial charge < -0.3 is 15.0 Å². The summed E-state index contributed by atoms with van der Waals surface area (Å²) in [5.41, 5.74) is 0.567. The van der Waals surface area contributed by atoms with Gasteiger partial charge in [0.05, 0.1) is 4.47 Å². The van der Waals surface area contributed by atoms with Gasteiger partial charge in [-0.25, -0.2) is 0 Å². The van der Waals surface area contributed by atoms with Crippen LogP contribution in [0.1, 0.15) is 28.9 Å². The van der Waals surface area contributed by atoms with Crippen LogP contribution in [0.5, 0.6) is 0 Å². The van der Waals surface area contributed by atoms with E-state index in [1.807, 2.05) is 0 Å². The maximum absolute atomic E-state index is 12.3. The Bertz CT molecular complexity index is 541. The zero-order chi connectivity index (χ0) is 14.0. The van der Waals surface area contributed by atoms with Crippen LogP contribution in [0.15, 0.2) is 15.5 Å². The number of nitrogens with zero attached hydrogens (tertiary/aromatic N) is 1. The fourth-order valence-electron chi connectivity index (χ4n) is 2.33. The van der Waals surface area contributed by atoms with Crippen molar-refractivity contribution in [2.75, 3.05) is 19.7 Å². The van der Waals surface area contributed by atoms with E-state index < -0.39 is 0 Å². The van der Waals surface area contributed by atoms with E-state index in [1.54, 1.807) is 11.8 Å². The molecule has 2 rings (SSSR count). The van der Waals surface area contributed by atoms with Gasteiger partial charge in [-0.05, 0) is 41.6 Å². The summed E-state index contributed by atoms with van der Waals surface area (Å²) in [6, 6.07) is 0. The smallest absolute Gasteiger partial charge is 0.259 e. The highest BCUT2D eigenvalue weighted by molar-refractivity contribution is 9.10. The number of likely N-dealkylation sites (tertiary alicyclic amines) is 1. The molecule has 1 aliphatic rings. The first kappa shape index (κ1) is 14.3. The molecule has 1 aliphatic heterocycles. The fourth-order valence-corrected chi connectivity index (χ4v) is 2.65.